The summed E-state index contributed by atoms with van der Waals surface area (Å²) in [5.74, 6) is 0.137. The molecule has 0 unspecified atom stereocenters. The first-order valence-electron chi connectivity index (χ1n) is 7.12. The van der Waals surface area contributed by atoms with E-state index >= 15 is 0 Å². The van der Waals surface area contributed by atoms with Crippen LogP contribution in [0.1, 0.15) is 48.5 Å². The first kappa shape index (κ1) is 21.2. The average Bonchev–Trinajstić information content (AvgIpc) is 2.38. The van der Waals surface area contributed by atoms with Crippen molar-refractivity contribution in [1.29, 1.82) is 0 Å². The molecule has 0 aromatic heterocycles. The number of carbonyl (C=O) groups excluding carboxylic acids is 2. The summed E-state index contributed by atoms with van der Waals surface area (Å²) in [5, 5.41) is 2.88. The van der Waals surface area contributed by atoms with Gasteiger partial charge in [-0.05, 0) is 33.2 Å². The molecule has 1 saturated heterocycles. The van der Waals surface area contributed by atoms with E-state index in [-0.39, 0.29) is 16.9 Å². The van der Waals surface area contributed by atoms with E-state index in [1.807, 2.05) is 41.7 Å². The third kappa shape index (κ3) is 13.3. The SMILES string of the molecule is CC.CC(C)(C)OC=O.CN1CC(=O)NCC(C)(C)C1. The fourth-order valence-corrected chi connectivity index (χ4v) is 1.63. The van der Waals surface area contributed by atoms with E-state index in [9.17, 15) is 9.59 Å². The van der Waals surface area contributed by atoms with E-state index in [1.165, 1.54) is 0 Å². The van der Waals surface area contributed by atoms with Crippen molar-refractivity contribution in [2.45, 2.75) is 54.1 Å². The van der Waals surface area contributed by atoms with Crippen molar-refractivity contribution in [2.24, 2.45) is 5.41 Å². The molecule has 120 valence electrons. The Morgan fingerprint density at radius 3 is 2.15 bits per heavy atom. The lowest BCUT2D eigenvalue weighted by molar-refractivity contribution is -0.138. The zero-order valence-electron chi connectivity index (χ0n) is 14.4. The van der Waals surface area contributed by atoms with Gasteiger partial charge in [0.15, 0.2) is 0 Å². The average molecular weight is 288 g/mol. The van der Waals surface area contributed by atoms with Crippen LogP contribution in [-0.2, 0) is 14.3 Å². The number of likely N-dealkylation sites (N-methyl/N-ethyl adjacent to an activating group) is 1. The second kappa shape index (κ2) is 9.75. The molecule has 1 fully saturated rings. The van der Waals surface area contributed by atoms with E-state index < -0.39 is 0 Å². The second-order valence-electron chi connectivity index (χ2n) is 6.44. The first-order valence-corrected chi connectivity index (χ1v) is 7.12. The Morgan fingerprint density at radius 1 is 1.30 bits per heavy atom. The minimum absolute atomic E-state index is 0.137. The smallest absolute Gasteiger partial charge is 0.293 e. The zero-order chi connectivity index (χ0) is 16.4. The van der Waals surface area contributed by atoms with Crippen molar-refractivity contribution in [3.05, 3.63) is 0 Å². The van der Waals surface area contributed by atoms with Crippen molar-refractivity contribution in [2.75, 3.05) is 26.7 Å². The summed E-state index contributed by atoms with van der Waals surface area (Å²) in [6.07, 6.45) is 0. The van der Waals surface area contributed by atoms with E-state index in [1.54, 1.807) is 0 Å². The van der Waals surface area contributed by atoms with Gasteiger partial charge < -0.3 is 10.1 Å². The highest BCUT2D eigenvalue weighted by atomic mass is 16.5. The maximum atomic E-state index is 11.0. The van der Waals surface area contributed by atoms with Crippen LogP contribution in [0.15, 0.2) is 0 Å². The number of rotatable bonds is 1. The van der Waals surface area contributed by atoms with Crippen LogP contribution in [-0.4, -0.2) is 49.6 Å². The Morgan fingerprint density at radius 2 is 1.80 bits per heavy atom. The lowest BCUT2D eigenvalue weighted by atomic mass is 9.93. The second-order valence-corrected chi connectivity index (χ2v) is 6.44. The maximum absolute atomic E-state index is 11.0. The van der Waals surface area contributed by atoms with E-state index in [2.05, 4.69) is 28.8 Å². The highest BCUT2D eigenvalue weighted by Crippen LogP contribution is 2.16. The molecule has 1 rings (SSSR count). The van der Waals surface area contributed by atoms with Crippen LogP contribution >= 0.6 is 0 Å². The Labute approximate surface area is 124 Å². The summed E-state index contributed by atoms with van der Waals surface area (Å²) < 4.78 is 4.55. The third-order valence-electron chi connectivity index (χ3n) is 2.28. The molecule has 1 amide bonds. The number of hydrogen-bond donors (Lipinski definition) is 1. The molecule has 1 aliphatic rings. The molecule has 0 aromatic rings. The van der Waals surface area contributed by atoms with Crippen LogP contribution in [0.5, 0.6) is 0 Å². The van der Waals surface area contributed by atoms with E-state index in [0.717, 1.165) is 13.1 Å². The molecular weight excluding hydrogens is 256 g/mol. The molecule has 1 aliphatic heterocycles. The Kier molecular flexibility index (Phi) is 10.3. The van der Waals surface area contributed by atoms with Crippen molar-refractivity contribution < 1.29 is 14.3 Å². The molecule has 0 aromatic carbocycles. The molecule has 20 heavy (non-hydrogen) atoms. The van der Waals surface area contributed by atoms with Gasteiger partial charge in [-0.2, -0.15) is 0 Å². The van der Waals surface area contributed by atoms with Crippen molar-refractivity contribution in [3.63, 3.8) is 0 Å². The predicted molar refractivity (Wildman–Crippen MR) is 82.5 cm³/mol. The molecule has 0 saturated carbocycles. The summed E-state index contributed by atoms with van der Waals surface area (Å²) in [4.78, 5) is 22.7. The number of nitrogens with zero attached hydrogens (tertiary/aromatic N) is 1. The Hall–Kier alpha value is -1.10. The van der Waals surface area contributed by atoms with Crippen molar-refractivity contribution >= 4 is 12.4 Å². The number of hydrogen-bond acceptors (Lipinski definition) is 4. The fourth-order valence-electron chi connectivity index (χ4n) is 1.63. The predicted octanol–water partition coefficient (Wildman–Crippen LogP) is 2.06. The van der Waals surface area contributed by atoms with Crippen LogP contribution in [0, 0.1) is 5.41 Å². The Bertz CT molecular complexity index is 283. The van der Waals surface area contributed by atoms with Crippen molar-refractivity contribution in [3.8, 4) is 0 Å². The van der Waals surface area contributed by atoms with Crippen LogP contribution in [0.3, 0.4) is 0 Å². The van der Waals surface area contributed by atoms with Gasteiger partial charge in [-0.3, -0.25) is 14.5 Å². The van der Waals surface area contributed by atoms with E-state index in [0.29, 0.717) is 13.0 Å². The van der Waals surface area contributed by atoms with Crippen LogP contribution in [0.4, 0.5) is 0 Å². The standard InChI is InChI=1S/C8H16N2O.C5H10O2.C2H6/c1-8(2)5-9-7(11)4-10(3)6-8;1-5(2,3)7-4-6;1-2/h4-6H2,1-3H3,(H,9,11);4H,1-3H3;1-2H3. The molecule has 5 heteroatoms. The molecule has 1 N–H and O–H groups in total. The van der Waals surface area contributed by atoms with E-state index in [4.69, 9.17) is 0 Å². The quantitative estimate of drug-likeness (QED) is 0.750. The summed E-state index contributed by atoms with van der Waals surface area (Å²) in [6.45, 7) is 16.5. The number of nitrogens with one attached hydrogen (secondary N) is 1. The topological polar surface area (TPSA) is 58.6 Å². The summed E-state index contributed by atoms with van der Waals surface area (Å²) >= 11 is 0. The highest BCUT2D eigenvalue weighted by Gasteiger charge is 2.25. The molecular formula is C15H32N2O3. The van der Waals surface area contributed by atoms with Crippen molar-refractivity contribution in [1.82, 2.24) is 10.2 Å². The van der Waals surface area contributed by atoms with Crippen LogP contribution in [0.25, 0.3) is 0 Å². The number of amides is 1. The normalized spacial score (nSPS) is 18.3. The minimum atomic E-state index is -0.318. The molecule has 0 bridgehead atoms. The summed E-state index contributed by atoms with van der Waals surface area (Å²) in [5.41, 5.74) is -0.108. The lowest BCUT2D eigenvalue weighted by Gasteiger charge is -2.25. The van der Waals surface area contributed by atoms with Crippen LogP contribution in [0.2, 0.25) is 0 Å². The minimum Gasteiger partial charge on any atom is -0.462 e. The zero-order valence-corrected chi connectivity index (χ0v) is 14.4. The van der Waals surface area contributed by atoms with Gasteiger partial charge in [0.25, 0.3) is 6.47 Å². The lowest BCUT2D eigenvalue weighted by Crippen LogP contribution is -2.33. The highest BCUT2D eigenvalue weighted by molar-refractivity contribution is 5.78. The largest absolute Gasteiger partial charge is 0.462 e. The molecule has 0 radical (unpaired) electrons. The third-order valence-corrected chi connectivity index (χ3v) is 2.28. The molecule has 5 nitrogen and oxygen atoms in total. The van der Waals surface area contributed by atoms with Gasteiger partial charge in [0.2, 0.25) is 5.91 Å². The summed E-state index contributed by atoms with van der Waals surface area (Å²) in [7, 11) is 1.98. The van der Waals surface area contributed by atoms with Gasteiger partial charge in [0, 0.05) is 13.1 Å². The maximum Gasteiger partial charge on any atom is 0.293 e. The monoisotopic (exact) mass is 288 g/mol. The van der Waals surface area contributed by atoms with Gasteiger partial charge in [0.05, 0.1) is 6.54 Å². The fraction of sp³-hybridized carbons (Fsp3) is 0.867. The van der Waals surface area contributed by atoms with Gasteiger partial charge in [0.1, 0.15) is 5.60 Å². The van der Waals surface area contributed by atoms with Crippen LogP contribution < -0.4 is 5.32 Å². The van der Waals surface area contributed by atoms with Gasteiger partial charge in [-0.25, -0.2) is 0 Å². The summed E-state index contributed by atoms with van der Waals surface area (Å²) in [6, 6.07) is 0. The Balaban J connectivity index is 0. The number of ether oxygens (including phenoxy) is 1. The number of carbonyl (C=O) groups is 2. The van der Waals surface area contributed by atoms with Gasteiger partial charge in [-0.1, -0.05) is 27.7 Å². The molecule has 0 atom stereocenters. The first-order chi connectivity index (χ1) is 9.06. The molecule has 0 spiro atoms. The van der Waals surface area contributed by atoms with Gasteiger partial charge in [-0.15, -0.1) is 0 Å². The molecule has 0 aliphatic carbocycles. The molecule has 1 heterocycles. The van der Waals surface area contributed by atoms with Gasteiger partial charge >= 0.3 is 0 Å².